The number of amides is 1. The number of carbonyl (C=O) groups excluding carboxylic acids is 1. The van der Waals surface area contributed by atoms with Crippen LogP contribution in [0, 0.1) is 5.92 Å². The monoisotopic (exact) mass is 491 g/mol. The summed E-state index contributed by atoms with van der Waals surface area (Å²) in [5.41, 5.74) is 6.54. The van der Waals surface area contributed by atoms with Gasteiger partial charge in [-0.15, -0.1) is 24.0 Å². The first-order valence-corrected chi connectivity index (χ1v) is 9.37. The summed E-state index contributed by atoms with van der Waals surface area (Å²) in [7, 11) is 6.05. The van der Waals surface area contributed by atoms with Crippen LogP contribution in [0.4, 0.5) is 0 Å². The Morgan fingerprint density at radius 1 is 1.52 bits per heavy atom. The zero-order chi connectivity index (χ0) is 19.1. The number of hydrogen-bond donors (Lipinski definition) is 2. The predicted octanol–water partition coefficient (Wildman–Crippen LogP) is 1.19. The second-order valence-electron chi connectivity index (χ2n) is 7.25. The highest BCUT2D eigenvalue weighted by Gasteiger charge is 2.24. The molecule has 3 N–H and O–H groups in total. The maximum atomic E-state index is 11.3. The Balaban J connectivity index is 0.00000364. The van der Waals surface area contributed by atoms with Crippen molar-refractivity contribution in [3.05, 3.63) is 18.0 Å². The van der Waals surface area contributed by atoms with Crippen LogP contribution in [0.25, 0.3) is 0 Å². The molecule has 2 atom stereocenters. The highest BCUT2D eigenvalue weighted by molar-refractivity contribution is 14.0. The molecule has 0 aromatic carbocycles. The van der Waals surface area contributed by atoms with E-state index >= 15 is 0 Å². The number of aryl methyl sites for hydroxylation is 1. The van der Waals surface area contributed by atoms with Gasteiger partial charge in [-0.3, -0.25) is 14.5 Å². The number of likely N-dealkylation sites (N-methyl/N-ethyl adjacent to an activating group) is 1. The van der Waals surface area contributed by atoms with Crippen LogP contribution >= 0.6 is 24.0 Å². The molecule has 0 saturated carbocycles. The number of aliphatic imine (C=N–C) groups is 1. The normalized spacial score (nSPS) is 18.9. The van der Waals surface area contributed by atoms with Gasteiger partial charge < -0.3 is 20.9 Å². The van der Waals surface area contributed by atoms with E-state index in [-0.39, 0.29) is 35.9 Å². The molecule has 1 aromatic rings. The number of nitrogens with two attached hydrogens (primary N) is 1. The number of halogens is 1. The van der Waals surface area contributed by atoms with Crippen molar-refractivity contribution in [1.29, 1.82) is 0 Å². The number of hydrogen-bond acceptors (Lipinski definition) is 4. The topological polar surface area (TPSA) is 91.8 Å². The molecule has 1 aromatic heterocycles. The summed E-state index contributed by atoms with van der Waals surface area (Å²) in [6.07, 6.45) is 6.50. The zero-order valence-electron chi connectivity index (χ0n) is 16.9. The number of guanidine groups is 1. The van der Waals surface area contributed by atoms with E-state index in [1.807, 2.05) is 24.1 Å². The zero-order valence-corrected chi connectivity index (χ0v) is 19.2. The Hall–Kier alpha value is -1.36. The highest BCUT2D eigenvalue weighted by atomic mass is 127. The van der Waals surface area contributed by atoms with E-state index in [0.717, 1.165) is 44.0 Å². The van der Waals surface area contributed by atoms with Crippen molar-refractivity contribution >= 4 is 35.8 Å². The number of primary amides is 1. The van der Waals surface area contributed by atoms with Crippen LogP contribution in [0.1, 0.15) is 37.8 Å². The number of nitrogens with zero attached hydrogens (tertiary/aromatic N) is 5. The largest absolute Gasteiger partial charge is 0.370 e. The molecular weight excluding hydrogens is 457 g/mol. The van der Waals surface area contributed by atoms with Crippen LogP contribution < -0.4 is 11.1 Å². The number of carbonyl (C=O) groups is 1. The van der Waals surface area contributed by atoms with Crippen molar-refractivity contribution in [2.75, 3.05) is 40.3 Å². The van der Waals surface area contributed by atoms with E-state index < -0.39 is 0 Å². The molecule has 1 saturated heterocycles. The molecule has 2 unspecified atom stereocenters. The Bertz CT molecular complexity index is 617. The maximum Gasteiger partial charge on any atom is 0.217 e. The maximum absolute atomic E-state index is 11.3. The third-order valence-electron chi connectivity index (χ3n) is 4.79. The van der Waals surface area contributed by atoms with Crippen molar-refractivity contribution < 1.29 is 4.79 Å². The smallest absolute Gasteiger partial charge is 0.217 e. The van der Waals surface area contributed by atoms with E-state index in [9.17, 15) is 4.79 Å². The third-order valence-corrected chi connectivity index (χ3v) is 4.79. The molecule has 27 heavy (non-hydrogen) atoms. The second kappa shape index (κ2) is 11.5. The number of rotatable bonds is 7. The molecule has 0 bridgehead atoms. The van der Waals surface area contributed by atoms with Gasteiger partial charge in [0.2, 0.25) is 5.91 Å². The molecule has 1 amide bonds. The molecule has 0 aliphatic carbocycles. The second-order valence-corrected chi connectivity index (χ2v) is 7.25. The van der Waals surface area contributed by atoms with Gasteiger partial charge in [-0.05, 0) is 39.8 Å². The molecule has 1 fully saturated rings. The minimum Gasteiger partial charge on any atom is -0.370 e. The average Bonchev–Trinajstić information content (AvgIpc) is 2.99. The first-order valence-electron chi connectivity index (χ1n) is 9.37. The molecule has 0 spiro atoms. The summed E-state index contributed by atoms with van der Waals surface area (Å²) >= 11 is 0. The minimum absolute atomic E-state index is 0. The molecular formula is C18H34IN7O. The number of aromatic nitrogens is 2. The van der Waals surface area contributed by atoms with Gasteiger partial charge in [0.15, 0.2) is 5.96 Å². The Morgan fingerprint density at radius 3 is 2.81 bits per heavy atom. The quantitative estimate of drug-likeness (QED) is 0.340. The number of piperidine rings is 1. The van der Waals surface area contributed by atoms with Crippen LogP contribution in [0.15, 0.2) is 17.4 Å². The summed E-state index contributed by atoms with van der Waals surface area (Å²) in [6.45, 7) is 5.33. The summed E-state index contributed by atoms with van der Waals surface area (Å²) in [6, 6.07) is 0.170. The summed E-state index contributed by atoms with van der Waals surface area (Å²) in [5, 5.41) is 7.68. The van der Waals surface area contributed by atoms with Crippen LogP contribution in [0.2, 0.25) is 0 Å². The van der Waals surface area contributed by atoms with E-state index in [1.54, 1.807) is 0 Å². The fourth-order valence-electron chi connectivity index (χ4n) is 3.49. The molecule has 2 rings (SSSR count). The Labute approximate surface area is 179 Å². The number of likely N-dealkylation sites (tertiary alicyclic amines) is 1. The molecule has 0 radical (unpaired) electrons. The van der Waals surface area contributed by atoms with Crippen molar-refractivity contribution in [2.45, 2.75) is 32.2 Å². The van der Waals surface area contributed by atoms with Gasteiger partial charge in [0, 0.05) is 44.9 Å². The molecule has 8 nitrogen and oxygen atoms in total. The lowest BCUT2D eigenvalue weighted by atomic mass is 9.95. The minimum atomic E-state index is -0.219. The van der Waals surface area contributed by atoms with Gasteiger partial charge in [-0.25, -0.2) is 0 Å². The standard InChI is InChI=1S/C18H33N7O.HI/c1-5-20-18(25-8-6-7-14(12-25)9-17(19)26)21-11-16(23(2)3)15-10-22-24(4)13-15;/h10,13-14,16H,5-9,11-12H2,1-4H3,(H2,19,26)(H,20,21);1H. The third kappa shape index (κ3) is 7.28. The van der Waals surface area contributed by atoms with Crippen molar-refractivity contribution in [3.8, 4) is 0 Å². The Kier molecular flexibility index (Phi) is 10.1. The van der Waals surface area contributed by atoms with Gasteiger partial charge in [0.1, 0.15) is 0 Å². The van der Waals surface area contributed by atoms with Gasteiger partial charge >= 0.3 is 0 Å². The molecule has 2 heterocycles. The average molecular weight is 491 g/mol. The lowest BCUT2D eigenvalue weighted by Crippen LogP contribution is -2.47. The van der Waals surface area contributed by atoms with Crippen LogP contribution in [0.5, 0.6) is 0 Å². The van der Waals surface area contributed by atoms with Crippen LogP contribution in [-0.4, -0.2) is 71.7 Å². The summed E-state index contributed by atoms with van der Waals surface area (Å²) in [5.74, 6) is 1.01. The number of nitrogens with one attached hydrogen (secondary N) is 1. The van der Waals surface area contributed by atoms with E-state index in [2.05, 4.69) is 41.2 Å². The molecule has 1 aliphatic rings. The predicted molar refractivity (Wildman–Crippen MR) is 119 cm³/mol. The highest BCUT2D eigenvalue weighted by Crippen LogP contribution is 2.21. The van der Waals surface area contributed by atoms with Gasteiger partial charge in [-0.1, -0.05) is 0 Å². The first-order chi connectivity index (χ1) is 12.4. The van der Waals surface area contributed by atoms with E-state index in [4.69, 9.17) is 10.7 Å². The van der Waals surface area contributed by atoms with Crippen molar-refractivity contribution in [3.63, 3.8) is 0 Å². The van der Waals surface area contributed by atoms with Crippen LogP contribution in [-0.2, 0) is 11.8 Å². The van der Waals surface area contributed by atoms with Crippen LogP contribution in [0.3, 0.4) is 0 Å². The van der Waals surface area contributed by atoms with E-state index in [0.29, 0.717) is 18.9 Å². The van der Waals surface area contributed by atoms with Crippen molar-refractivity contribution in [2.24, 2.45) is 23.7 Å². The molecule has 1 aliphatic heterocycles. The van der Waals surface area contributed by atoms with E-state index in [1.165, 1.54) is 0 Å². The van der Waals surface area contributed by atoms with Crippen molar-refractivity contribution in [1.82, 2.24) is 24.9 Å². The molecule has 9 heteroatoms. The van der Waals surface area contributed by atoms with Gasteiger partial charge in [-0.2, -0.15) is 5.10 Å². The lowest BCUT2D eigenvalue weighted by molar-refractivity contribution is -0.119. The SMILES string of the molecule is CCNC(=NCC(c1cnn(C)c1)N(C)C)N1CCCC(CC(N)=O)C1.I. The van der Waals surface area contributed by atoms with Gasteiger partial charge in [0.05, 0.1) is 18.8 Å². The first kappa shape index (κ1) is 23.7. The van der Waals surface area contributed by atoms with Gasteiger partial charge in [0.25, 0.3) is 0 Å². The summed E-state index contributed by atoms with van der Waals surface area (Å²) in [4.78, 5) is 20.6. The molecule has 154 valence electrons. The Morgan fingerprint density at radius 2 is 2.26 bits per heavy atom. The fraction of sp³-hybridized carbons (Fsp3) is 0.722. The summed E-state index contributed by atoms with van der Waals surface area (Å²) < 4.78 is 1.82. The fourth-order valence-corrected chi connectivity index (χ4v) is 3.49. The lowest BCUT2D eigenvalue weighted by Gasteiger charge is -2.35.